The summed E-state index contributed by atoms with van der Waals surface area (Å²) in [6, 6.07) is 0. The van der Waals surface area contributed by atoms with E-state index < -0.39 is 23.6 Å². The van der Waals surface area contributed by atoms with Gasteiger partial charge < -0.3 is 24.8 Å². The standard InChI is InChI=1S/C10H18O5/c1-9(2)14-7-4-10(13,5-11)3-6(12)8(7)15-9/h6-8,11-13H,3-5H2,1-2H3/t6-,7+,8-,10+/m0/s1. The molecule has 2 aliphatic rings. The van der Waals surface area contributed by atoms with Crippen molar-refractivity contribution in [1.82, 2.24) is 0 Å². The van der Waals surface area contributed by atoms with Crippen LogP contribution in [0.4, 0.5) is 0 Å². The molecule has 0 amide bonds. The van der Waals surface area contributed by atoms with E-state index in [1.807, 2.05) is 0 Å². The van der Waals surface area contributed by atoms with Gasteiger partial charge in [-0.2, -0.15) is 0 Å². The molecule has 15 heavy (non-hydrogen) atoms. The SMILES string of the molecule is CC1(C)O[C@H]2[C@@H](O)C[C@](O)(CO)C[C@H]2O1. The minimum atomic E-state index is -1.25. The summed E-state index contributed by atoms with van der Waals surface area (Å²) < 4.78 is 11.1. The second-order valence-corrected chi connectivity index (χ2v) is 5.00. The zero-order valence-electron chi connectivity index (χ0n) is 9.01. The summed E-state index contributed by atoms with van der Waals surface area (Å²) in [5, 5.41) is 28.8. The third-order valence-electron chi connectivity index (χ3n) is 3.07. The number of aliphatic hydroxyl groups is 3. The largest absolute Gasteiger partial charge is 0.393 e. The molecule has 1 saturated carbocycles. The number of hydrogen-bond donors (Lipinski definition) is 3. The van der Waals surface area contributed by atoms with E-state index in [1.54, 1.807) is 13.8 Å². The van der Waals surface area contributed by atoms with Crippen molar-refractivity contribution in [3.8, 4) is 0 Å². The van der Waals surface area contributed by atoms with E-state index in [9.17, 15) is 10.2 Å². The Bertz CT molecular complexity index is 254. The second-order valence-electron chi connectivity index (χ2n) is 5.00. The minimum absolute atomic E-state index is 0.129. The van der Waals surface area contributed by atoms with Crippen LogP contribution >= 0.6 is 0 Å². The zero-order chi connectivity index (χ0) is 11.3. The lowest BCUT2D eigenvalue weighted by Gasteiger charge is -2.38. The lowest BCUT2D eigenvalue weighted by atomic mass is 9.80. The van der Waals surface area contributed by atoms with Gasteiger partial charge in [-0.15, -0.1) is 0 Å². The Morgan fingerprint density at radius 3 is 2.53 bits per heavy atom. The molecule has 2 rings (SSSR count). The Hall–Kier alpha value is -0.200. The lowest BCUT2D eigenvalue weighted by molar-refractivity contribution is -0.153. The number of hydrogen-bond acceptors (Lipinski definition) is 5. The average Bonchev–Trinajstić information content (AvgIpc) is 2.40. The van der Waals surface area contributed by atoms with Crippen molar-refractivity contribution < 1.29 is 24.8 Å². The molecule has 0 aromatic rings. The molecule has 0 aromatic heterocycles. The second kappa shape index (κ2) is 3.40. The van der Waals surface area contributed by atoms with Crippen LogP contribution in [0.3, 0.4) is 0 Å². The van der Waals surface area contributed by atoms with Gasteiger partial charge in [0.05, 0.1) is 24.4 Å². The van der Waals surface area contributed by atoms with Crippen molar-refractivity contribution in [3.63, 3.8) is 0 Å². The first-order valence-corrected chi connectivity index (χ1v) is 5.22. The van der Waals surface area contributed by atoms with E-state index in [2.05, 4.69) is 0 Å². The van der Waals surface area contributed by atoms with Gasteiger partial charge in [0.25, 0.3) is 0 Å². The first-order valence-electron chi connectivity index (χ1n) is 5.22. The van der Waals surface area contributed by atoms with Gasteiger partial charge in [-0.05, 0) is 13.8 Å². The molecular formula is C10H18O5. The minimum Gasteiger partial charge on any atom is -0.393 e. The van der Waals surface area contributed by atoms with Crippen molar-refractivity contribution in [3.05, 3.63) is 0 Å². The lowest BCUT2D eigenvalue weighted by Crippen LogP contribution is -2.52. The van der Waals surface area contributed by atoms with Crippen LogP contribution in [0, 0.1) is 0 Å². The van der Waals surface area contributed by atoms with Gasteiger partial charge in [0.15, 0.2) is 5.79 Å². The van der Waals surface area contributed by atoms with Crippen LogP contribution in [0.2, 0.25) is 0 Å². The monoisotopic (exact) mass is 218 g/mol. The van der Waals surface area contributed by atoms with Crippen LogP contribution in [0.15, 0.2) is 0 Å². The van der Waals surface area contributed by atoms with Crippen LogP contribution in [0.1, 0.15) is 26.7 Å². The van der Waals surface area contributed by atoms with Crippen molar-refractivity contribution >= 4 is 0 Å². The van der Waals surface area contributed by atoms with E-state index in [-0.39, 0.29) is 19.1 Å². The first kappa shape index (κ1) is 11.3. The average molecular weight is 218 g/mol. The molecule has 1 aliphatic heterocycles. The normalized spacial score (nSPS) is 49.0. The van der Waals surface area contributed by atoms with E-state index in [0.717, 1.165) is 0 Å². The van der Waals surface area contributed by atoms with Crippen molar-refractivity contribution in [2.45, 2.75) is 56.4 Å². The molecule has 0 unspecified atom stereocenters. The molecule has 0 spiro atoms. The van der Waals surface area contributed by atoms with Crippen LogP contribution in [-0.4, -0.2) is 51.6 Å². The van der Waals surface area contributed by atoms with Gasteiger partial charge in [-0.25, -0.2) is 0 Å². The molecule has 0 bridgehead atoms. The molecule has 1 aliphatic carbocycles. The summed E-state index contributed by atoms with van der Waals surface area (Å²) in [6.07, 6.45) is -1.10. The summed E-state index contributed by atoms with van der Waals surface area (Å²) in [5.41, 5.74) is -1.25. The molecule has 0 aromatic carbocycles. The first-order chi connectivity index (χ1) is 6.85. The van der Waals surface area contributed by atoms with Crippen LogP contribution in [0.25, 0.3) is 0 Å². The van der Waals surface area contributed by atoms with Gasteiger partial charge in [0.2, 0.25) is 0 Å². The molecular weight excluding hydrogens is 200 g/mol. The maximum absolute atomic E-state index is 9.92. The summed E-state index contributed by atoms with van der Waals surface area (Å²) in [6.45, 7) is 3.18. The van der Waals surface area contributed by atoms with E-state index >= 15 is 0 Å². The third kappa shape index (κ3) is 2.03. The molecule has 4 atom stereocenters. The Balaban J connectivity index is 2.14. The predicted octanol–water partition coefficient (Wildman–Crippen LogP) is -0.615. The maximum Gasteiger partial charge on any atom is 0.163 e. The predicted molar refractivity (Wildman–Crippen MR) is 51.1 cm³/mol. The fourth-order valence-corrected chi connectivity index (χ4v) is 2.44. The third-order valence-corrected chi connectivity index (χ3v) is 3.07. The highest BCUT2D eigenvalue weighted by Gasteiger charge is 2.52. The highest BCUT2D eigenvalue weighted by molar-refractivity contribution is 5.00. The molecule has 3 N–H and O–H groups in total. The fraction of sp³-hybridized carbons (Fsp3) is 1.00. The van der Waals surface area contributed by atoms with E-state index in [4.69, 9.17) is 14.6 Å². The summed E-state index contributed by atoms with van der Waals surface area (Å²) in [7, 11) is 0. The summed E-state index contributed by atoms with van der Waals surface area (Å²) >= 11 is 0. The topological polar surface area (TPSA) is 79.2 Å². The molecule has 1 saturated heterocycles. The van der Waals surface area contributed by atoms with E-state index in [1.165, 1.54) is 0 Å². The van der Waals surface area contributed by atoms with Gasteiger partial charge in [0.1, 0.15) is 6.10 Å². The van der Waals surface area contributed by atoms with Gasteiger partial charge in [0, 0.05) is 12.8 Å². The summed E-state index contributed by atoms with van der Waals surface area (Å²) in [4.78, 5) is 0. The number of rotatable bonds is 1. The number of ether oxygens (including phenoxy) is 2. The fourth-order valence-electron chi connectivity index (χ4n) is 2.44. The van der Waals surface area contributed by atoms with Crippen LogP contribution < -0.4 is 0 Å². The quantitative estimate of drug-likeness (QED) is 0.547. The van der Waals surface area contributed by atoms with Crippen LogP contribution in [0.5, 0.6) is 0 Å². The molecule has 0 radical (unpaired) electrons. The number of fused-ring (bicyclic) bond motifs is 1. The molecule has 2 fully saturated rings. The molecule has 5 heteroatoms. The Morgan fingerprint density at radius 1 is 1.27 bits per heavy atom. The molecule has 1 heterocycles. The Morgan fingerprint density at radius 2 is 1.93 bits per heavy atom. The van der Waals surface area contributed by atoms with Crippen molar-refractivity contribution in [2.24, 2.45) is 0 Å². The smallest absolute Gasteiger partial charge is 0.163 e. The van der Waals surface area contributed by atoms with E-state index in [0.29, 0.717) is 6.42 Å². The molecule has 88 valence electrons. The van der Waals surface area contributed by atoms with Crippen molar-refractivity contribution in [1.29, 1.82) is 0 Å². The summed E-state index contributed by atoms with van der Waals surface area (Å²) in [5.74, 6) is -0.725. The highest BCUT2D eigenvalue weighted by atomic mass is 16.8. The van der Waals surface area contributed by atoms with Gasteiger partial charge in [-0.3, -0.25) is 0 Å². The Labute approximate surface area is 88.6 Å². The van der Waals surface area contributed by atoms with Gasteiger partial charge in [-0.1, -0.05) is 0 Å². The maximum atomic E-state index is 9.92. The van der Waals surface area contributed by atoms with Crippen LogP contribution in [-0.2, 0) is 9.47 Å². The number of aliphatic hydroxyl groups excluding tert-OH is 2. The molecule has 5 nitrogen and oxygen atoms in total. The van der Waals surface area contributed by atoms with Gasteiger partial charge >= 0.3 is 0 Å². The Kier molecular flexibility index (Phi) is 2.56. The highest BCUT2D eigenvalue weighted by Crippen LogP contribution is 2.40. The van der Waals surface area contributed by atoms with Crippen molar-refractivity contribution in [2.75, 3.05) is 6.61 Å². The zero-order valence-corrected chi connectivity index (χ0v) is 9.01.